The zero-order valence-corrected chi connectivity index (χ0v) is 12.4. The van der Waals surface area contributed by atoms with E-state index in [0.717, 1.165) is 13.0 Å². The van der Waals surface area contributed by atoms with E-state index in [1.807, 2.05) is 6.92 Å². The number of hydrogen-bond donors (Lipinski definition) is 3. The molecule has 118 valence electrons. The summed E-state index contributed by atoms with van der Waals surface area (Å²) >= 11 is 0. The molecule has 0 aromatic rings. The van der Waals surface area contributed by atoms with Crippen LogP contribution >= 0.6 is 0 Å². The molecule has 1 fully saturated rings. The Morgan fingerprint density at radius 2 is 2.24 bits per heavy atom. The van der Waals surface area contributed by atoms with E-state index in [1.165, 1.54) is 19.2 Å². The van der Waals surface area contributed by atoms with Crippen molar-refractivity contribution in [3.8, 4) is 0 Å². The molecule has 0 radical (unpaired) electrons. The molecule has 21 heavy (non-hydrogen) atoms. The molecule has 1 heterocycles. The molecule has 1 rings (SSSR count). The molecule has 0 bridgehead atoms. The Labute approximate surface area is 123 Å². The van der Waals surface area contributed by atoms with Crippen molar-refractivity contribution in [3.05, 3.63) is 12.3 Å². The maximum absolute atomic E-state index is 14.1. The highest BCUT2D eigenvalue weighted by molar-refractivity contribution is 6.01. The fraction of sp³-hybridized carbons (Fsp3) is 0.643. The molecule has 0 saturated carbocycles. The normalized spacial score (nSPS) is 21.8. The van der Waals surface area contributed by atoms with Gasteiger partial charge in [-0.1, -0.05) is 6.92 Å². The van der Waals surface area contributed by atoms with Crippen LogP contribution in [0.4, 0.5) is 4.39 Å². The third-order valence-electron chi connectivity index (χ3n) is 3.02. The topological polar surface area (TPSA) is 87.3 Å². The SMILES string of the molecule is CCCN/C=C/C(C)(F)CC(=O)NC1CCC(=O)NC1=O. The number of carbonyl (C=O) groups is 3. The Kier molecular flexibility index (Phi) is 6.33. The fourth-order valence-electron chi connectivity index (χ4n) is 1.91. The summed E-state index contributed by atoms with van der Waals surface area (Å²) in [6, 6.07) is -0.770. The minimum absolute atomic E-state index is 0.171. The van der Waals surface area contributed by atoms with Crippen LogP contribution in [0.25, 0.3) is 0 Å². The molecule has 0 aromatic heterocycles. The van der Waals surface area contributed by atoms with Gasteiger partial charge < -0.3 is 10.6 Å². The number of piperidine rings is 1. The highest BCUT2D eigenvalue weighted by atomic mass is 19.1. The van der Waals surface area contributed by atoms with E-state index >= 15 is 0 Å². The smallest absolute Gasteiger partial charge is 0.249 e. The molecule has 2 atom stereocenters. The highest BCUT2D eigenvalue weighted by Gasteiger charge is 2.30. The highest BCUT2D eigenvalue weighted by Crippen LogP contribution is 2.17. The van der Waals surface area contributed by atoms with Gasteiger partial charge in [0.05, 0.1) is 6.42 Å². The summed E-state index contributed by atoms with van der Waals surface area (Å²) in [6.07, 6.45) is 3.73. The van der Waals surface area contributed by atoms with Crippen molar-refractivity contribution in [3.63, 3.8) is 0 Å². The number of halogens is 1. The number of alkyl halides is 1. The number of amides is 3. The predicted molar refractivity (Wildman–Crippen MR) is 75.9 cm³/mol. The second-order valence-electron chi connectivity index (χ2n) is 5.31. The molecular formula is C14H22FN3O3. The first kappa shape index (κ1) is 17.1. The van der Waals surface area contributed by atoms with Gasteiger partial charge in [-0.3, -0.25) is 19.7 Å². The molecule has 0 aromatic carbocycles. The third-order valence-corrected chi connectivity index (χ3v) is 3.02. The predicted octanol–water partition coefficient (Wildman–Crippen LogP) is 0.539. The van der Waals surface area contributed by atoms with Gasteiger partial charge in [-0.05, 0) is 32.0 Å². The van der Waals surface area contributed by atoms with Crippen molar-refractivity contribution < 1.29 is 18.8 Å². The zero-order valence-electron chi connectivity index (χ0n) is 12.4. The van der Waals surface area contributed by atoms with E-state index < -0.39 is 23.5 Å². The summed E-state index contributed by atoms with van der Waals surface area (Å²) in [5, 5.41) is 7.49. The average molecular weight is 299 g/mol. The molecule has 1 aliphatic heterocycles. The van der Waals surface area contributed by atoms with Crippen LogP contribution in [0, 0.1) is 0 Å². The summed E-state index contributed by atoms with van der Waals surface area (Å²) in [7, 11) is 0. The van der Waals surface area contributed by atoms with Gasteiger partial charge in [-0.25, -0.2) is 4.39 Å². The Morgan fingerprint density at radius 1 is 1.52 bits per heavy atom. The lowest BCUT2D eigenvalue weighted by molar-refractivity contribution is -0.137. The van der Waals surface area contributed by atoms with Crippen molar-refractivity contribution >= 4 is 17.7 Å². The first-order valence-corrected chi connectivity index (χ1v) is 7.07. The minimum Gasteiger partial charge on any atom is -0.391 e. The van der Waals surface area contributed by atoms with E-state index in [0.29, 0.717) is 0 Å². The van der Waals surface area contributed by atoms with E-state index in [1.54, 1.807) is 0 Å². The minimum atomic E-state index is -1.80. The molecule has 0 spiro atoms. The largest absolute Gasteiger partial charge is 0.391 e. The van der Waals surface area contributed by atoms with E-state index in [4.69, 9.17) is 0 Å². The second-order valence-corrected chi connectivity index (χ2v) is 5.31. The standard InChI is InChI=1S/C14H22FN3O3/c1-3-7-16-8-6-14(2,15)9-12(20)17-10-4-5-11(19)18-13(10)21/h6,8,10,16H,3-5,7,9H2,1-2H3,(H,17,20)(H,18,19,21)/b8-6+. The molecule has 2 unspecified atom stereocenters. The lowest BCUT2D eigenvalue weighted by atomic mass is 10.0. The van der Waals surface area contributed by atoms with Crippen LogP contribution in [0.1, 0.15) is 39.5 Å². The van der Waals surface area contributed by atoms with E-state index in [2.05, 4.69) is 16.0 Å². The summed E-state index contributed by atoms with van der Waals surface area (Å²) in [6.45, 7) is 4.01. The van der Waals surface area contributed by atoms with E-state index in [-0.39, 0.29) is 25.2 Å². The van der Waals surface area contributed by atoms with Crippen molar-refractivity contribution in [1.29, 1.82) is 0 Å². The number of carbonyl (C=O) groups excluding carboxylic acids is 3. The second kappa shape index (κ2) is 7.75. The van der Waals surface area contributed by atoms with Crippen LogP contribution in [0.3, 0.4) is 0 Å². The van der Waals surface area contributed by atoms with Crippen LogP contribution < -0.4 is 16.0 Å². The Bertz CT molecular complexity index is 435. The molecule has 0 aliphatic carbocycles. The molecule has 3 amide bonds. The molecule has 1 saturated heterocycles. The van der Waals surface area contributed by atoms with Gasteiger partial charge in [0.1, 0.15) is 11.7 Å². The molecular weight excluding hydrogens is 277 g/mol. The first-order valence-electron chi connectivity index (χ1n) is 7.07. The van der Waals surface area contributed by atoms with Crippen molar-refractivity contribution in [2.75, 3.05) is 6.54 Å². The van der Waals surface area contributed by atoms with Gasteiger partial charge in [-0.2, -0.15) is 0 Å². The zero-order chi connectivity index (χ0) is 15.9. The molecule has 3 N–H and O–H groups in total. The number of rotatable bonds is 7. The summed E-state index contributed by atoms with van der Waals surface area (Å²) in [5.74, 6) is -1.46. The third kappa shape index (κ3) is 6.37. The van der Waals surface area contributed by atoms with Gasteiger partial charge in [0.25, 0.3) is 0 Å². The van der Waals surface area contributed by atoms with Crippen LogP contribution in [-0.4, -0.2) is 36.0 Å². The van der Waals surface area contributed by atoms with Gasteiger partial charge >= 0.3 is 0 Å². The first-order chi connectivity index (χ1) is 9.84. The Morgan fingerprint density at radius 3 is 2.86 bits per heavy atom. The molecule has 6 nitrogen and oxygen atoms in total. The monoisotopic (exact) mass is 299 g/mol. The van der Waals surface area contributed by atoms with Gasteiger partial charge in [0.15, 0.2) is 0 Å². The van der Waals surface area contributed by atoms with Crippen molar-refractivity contribution in [2.24, 2.45) is 0 Å². The van der Waals surface area contributed by atoms with Crippen molar-refractivity contribution in [2.45, 2.75) is 51.2 Å². The van der Waals surface area contributed by atoms with E-state index in [9.17, 15) is 18.8 Å². The summed E-state index contributed by atoms with van der Waals surface area (Å²) < 4.78 is 14.1. The molecule has 1 aliphatic rings. The maximum Gasteiger partial charge on any atom is 0.249 e. The number of hydrogen-bond acceptors (Lipinski definition) is 4. The lowest BCUT2D eigenvalue weighted by Crippen LogP contribution is -2.52. The van der Waals surface area contributed by atoms with Crippen LogP contribution in [-0.2, 0) is 14.4 Å². The van der Waals surface area contributed by atoms with Crippen LogP contribution in [0.5, 0.6) is 0 Å². The van der Waals surface area contributed by atoms with Crippen LogP contribution in [0.15, 0.2) is 12.3 Å². The average Bonchev–Trinajstić information content (AvgIpc) is 2.37. The number of allylic oxidation sites excluding steroid dienone is 1. The summed E-state index contributed by atoms with van der Waals surface area (Å²) in [5.41, 5.74) is -1.80. The summed E-state index contributed by atoms with van der Waals surface area (Å²) in [4.78, 5) is 34.2. The maximum atomic E-state index is 14.1. The quantitative estimate of drug-likeness (QED) is 0.473. The van der Waals surface area contributed by atoms with Gasteiger partial charge in [-0.15, -0.1) is 0 Å². The fourth-order valence-corrected chi connectivity index (χ4v) is 1.91. The van der Waals surface area contributed by atoms with Crippen LogP contribution in [0.2, 0.25) is 0 Å². The van der Waals surface area contributed by atoms with Gasteiger partial charge in [0.2, 0.25) is 17.7 Å². The number of nitrogens with one attached hydrogen (secondary N) is 3. The number of imide groups is 1. The molecule has 7 heteroatoms. The van der Waals surface area contributed by atoms with Gasteiger partial charge in [0, 0.05) is 13.0 Å². The Hall–Kier alpha value is -1.92. The Balaban J connectivity index is 2.43. The lowest BCUT2D eigenvalue weighted by Gasteiger charge is -2.23. The van der Waals surface area contributed by atoms with Crippen molar-refractivity contribution in [1.82, 2.24) is 16.0 Å².